The molecule has 0 radical (unpaired) electrons. The van der Waals surface area contributed by atoms with Gasteiger partial charge in [-0.1, -0.05) is 49.7 Å². The van der Waals surface area contributed by atoms with Crippen molar-refractivity contribution in [2.24, 2.45) is 11.8 Å². The molecule has 2 atom stereocenters. The maximum Gasteiger partial charge on any atom is 0.175 e. The van der Waals surface area contributed by atoms with Crippen molar-refractivity contribution in [2.75, 3.05) is 13.2 Å². The molecule has 1 saturated heterocycles. The minimum atomic E-state index is -1.45. The number of hydrogen-bond donors (Lipinski definition) is 0. The fraction of sp³-hybridized carbons (Fsp3) is 0.818. The van der Waals surface area contributed by atoms with Gasteiger partial charge in [0.1, 0.15) is 0 Å². The van der Waals surface area contributed by atoms with Gasteiger partial charge in [-0.25, -0.2) is 0 Å². The lowest BCUT2D eigenvalue weighted by molar-refractivity contribution is -0.211. The minimum absolute atomic E-state index is 0.306. The quantitative estimate of drug-likeness (QED) is 0.532. The molecule has 0 aromatic rings. The molecule has 0 aromatic heterocycles. The Hall–Kier alpha value is -0.166. The van der Waals surface area contributed by atoms with Crippen LogP contribution in [0, 0.1) is 11.8 Å². The molecule has 4 rings (SSSR count). The van der Waals surface area contributed by atoms with E-state index < -0.39 is 16.1 Å². The lowest BCUT2D eigenvalue weighted by Crippen LogP contribution is -2.55. The van der Waals surface area contributed by atoms with E-state index in [1.165, 1.54) is 38.5 Å². The highest BCUT2D eigenvalue weighted by Gasteiger charge is 2.57. The van der Waals surface area contributed by atoms with Crippen LogP contribution in [0.3, 0.4) is 0 Å². The minimum Gasteiger partial charge on any atom is -0.347 e. The summed E-state index contributed by atoms with van der Waals surface area (Å²) in [7, 11) is -2.83. The molecule has 146 valence electrons. The highest BCUT2D eigenvalue weighted by molar-refractivity contribution is 6.85. The van der Waals surface area contributed by atoms with Crippen LogP contribution in [0.15, 0.2) is 21.5 Å². The van der Waals surface area contributed by atoms with Crippen molar-refractivity contribution in [2.45, 2.75) is 90.0 Å². The number of rotatable bonds is 2. The molecule has 0 unspecified atom stereocenters. The van der Waals surface area contributed by atoms with Crippen molar-refractivity contribution >= 4 is 16.1 Å². The van der Waals surface area contributed by atoms with Crippen LogP contribution in [-0.2, 0) is 9.47 Å². The summed E-state index contributed by atoms with van der Waals surface area (Å²) in [5.74, 6) is 0.885. The Balaban J connectivity index is 1.97. The van der Waals surface area contributed by atoms with Crippen molar-refractivity contribution < 1.29 is 9.47 Å². The van der Waals surface area contributed by atoms with Gasteiger partial charge in [0, 0.05) is 12.3 Å². The van der Waals surface area contributed by atoms with Gasteiger partial charge in [0.25, 0.3) is 0 Å². The molecule has 2 saturated carbocycles. The number of hydrogen-bond acceptors (Lipinski definition) is 2. The molecular weight excluding hydrogens is 352 g/mol. The van der Waals surface area contributed by atoms with E-state index in [1.807, 2.05) is 16.0 Å². The fourth-order valence-corrected chi connectivity index (χ4v) is 11.7. The summed E-state index contributed by atoms with van der Waals surface area (Å²) in [6.45, 7) is 17.0. The van der Waals surface area contributed by atoms with Crippen LogP contribution in [0.1, 0.15) is 44.9 Å². The maximum atomic E-state index is 6.48. The molecule has 3 fully saturated rings. The largest absolute Gasteiger partial charge is 0.347 e. The zero-order valence-electron chi connectivity index (χ0n) is 17.8. The van der Waals surface area contributed by atoms with Gasteiger partial charge in [0.05, 0.1) is 29.4 Å². The van der Waals surface area contributed by atoms with E-state index in [9.17, 15) is 0 Å². The van der Waals surface area contributed by atoms with Gasteiger partial charge in [0.15, 0.2) is 5.79 Å². The molecule has 1 aliphatic heterocycles. The van der Waals surface area contributed by atoms with Crippen LogP contribution >= 0.6 is 0 Å². The Morgan fingerprint density at radius 3 is 1.85 bits per heavy atom. The number of allylic oxidation sites excluding steroid dienone is 3. The lowest BCUT2D eigenvalue weighted by atomic mass is 9.67. The van der Waals surface area contributed by atoms with Crippen LogP contribution in [-0.4, -0.2) is 35.1 Å². The normalized spacial score (nSPS) is 32.1. The van der Waals surface area contributed by atoms with Crippen molar-refractivity contribution in [1.29, 1.82) is 0 Å². The molecule has 0 aromatic carbocycles. The van der Waals surface area contributed by atoms with Gasteiger partial charge in [-0.3, -0.25) is 0 Å². The molecular formula is C22H38O2Si2. The molecule has 0 amide bonds. The van der Waals surface area contributed by atoms with Gasteiger partial charge >= 0.3 is 0 Å². The first kappa shape index (κ1) is 19.2. The fourth-order valence-electron chi connectivity index (χ4n) is 6.56. The summed E-state index contributed by atoms with van der Waals surface area (Å²) in [4.78, 5) is 0. The average Bonchev–Trinajstić information content (AvgIpc) is 3.00. The molecule has 0 N–H and O–H groups in total. The predicted octanol–water partition coefficient (Wildman–Crippen LogP) is 6.08. The molecule has 2 nitrogen and oxygen atoms in total. The zero-order valence-corrected chi connectivity index (χ0v) is 19.8. The maximum absolute atomic E-state index is 6.48. The summed E-state index contributed by atoms with van der Waals surface area (Å²) in [6.07, 6.45) is 9.12. The smallest absolute Gasteiger partial charge is 0.175 e. The van der Waals surface area contributed by atoms with E-state index in [2.05, 4.69) is 39.3 Å². The topological polar surface area (TPSA) is 18.5 Å². The van der Waals surface area contributed by atoms with E-state index in [0.29, 0.717) is 11.8 Å². The molecule has 1 spiro atoms. The highest BCUT2D eigenvalue weighted by Crippen LogP contribution is 2.58. The Bertz CT molecular complexity index is 642. The number of fused-ring (bicyclic) bond motifs is 3. The van der Waals surface area contributed by atoms with Crippen molar-refractivity contribution in [3.05, 3.63) is 21.5 Å². The molecule has 4 aliphatic rings. The summed E-state index contributed by atoms with van der Waals surface area (Å²) in [5, 5.41) is 3.73. The van der Waals surface area contributed by atoms with E-state index in [1.54, 1.807) is 5.57 Å². The summed E-state index contributed by atoms with van der Waals surface area (Å²) >= 11 is 0. The summed E-state index contributed by atoms with van der Waals surface area (Å²) < 4.78 is 13.0. The average molecular weight is 391 g/mol. The van der Waals surface area contributed by atoms with Crippen LogP contribution in [0.4, 0.5) is 0 Å². The standard InChI is InChI=1S/C22H38O2Si2/c1-25(2,3)20-16-10-7-8-11-17(16)21(26(4,5)6)19-18(20)12-9-13-22(19)23-14-15-24-22/h18-19H,7-15H2,1-6H3/t18-,19+/m0/s1. The first-order chi connectivity index (χ1) is 12.2. The highest BCUT2D eigenvalue weighted by atomic mass is 28.3. The van der Waals surface area contributed by atoms with E-state index in [0.717, 1.165) is 19.6 Å². The van der Waals surface area contributed by atoms with E-state index in [4.69, 9.17) is 9.47 Å². The van der Waals surface area contributed by atoms with Gasteiger partial charge in [-0.05, 0) is 55.6 Å². The second-order valence-electron chi connectivity index (χ2n) is 11.0. The predicted molar refractivity (Wildman–Crippen MR) is 115 cm³/mol. The van der Waals surface area contributed by atoms with Crippen molar-refractivity contribution in [1.82, 2.24) is 0 Å². The van der Waals surface area contributed by atoms with Crippen LogP contribution in [0.2, 0.25) is 39.3 Å². The Kier molecular flexibility index (Phi) is 4.74. The molecule has 4 heteroatoms. The first-order valence-electron chi connectivity index (χ1n) is 10.9. The second kappa shape index (κ2) is 6.43. The van der Waals surface area contributed by atoms with Crippen molar-refractivity contribution in [3.63, 3.8) is 0 Å². The molecule has 3 aliphatic carbocycles. The molecule has 0 bridgehead atoms. The van der Waals surface area contributed by atoms with Crippen molar-refractivity contribution in [3.8, 4) is 0 Å². The Labute approximate surface area is 162 Å². The molecule has 26 heavy (non-hydrogen) atoms. The Morgan fingerprint density at radius 1 is 0.769 bits per heavy atom. The SMILES string of the molecule is C[Si](C)(C)C1=C2CCCCC2=C([Si](C)(C)C)[C@H]2[C@@H]1CCCC21OCCO1. The lowest BCUT2D eigenvalue weighted by Gasteiger charge is -2.54. The number of ether oxygens (including phenoxy) is 2. The van der Waals surface area contributed by atoms with Crippen LogP contribution in [0.25, 0.3) is 0 Å². The van der Waals surface area contributed by atoms with E-state index >= 15 is 0 Å². The second-order valence-corrected chi connectivity index (χ2v) is 21.1. The first-order valence-corrected chi connectivity index (χ1v) is 17.9. The third kappa shape index (κ3) is 2.96. The third-order valence-corrected chi connectivity index (χ3v) is 11.6. The van der Waals surface area contributed by atoms with Gasteiger partial charge in [0.2, 0.25) is 0 Å². The molecule has 1 heterocycles. The van der Waals surface area contributed by atoms with Crippen LogP contribution in [0.5, 0.6) is 0 Å². The summed E-state index contributed by atoms with van der Waals surface area (Å²) in [6, 6.07) is 0. The monoisotopic (exact) mass is 390 g/mol. The zero-order chi connectivity index (χ0) is 18.7. The van der Waals surface area contributed by atoms with Gasteiger partial charge < -0.3 is 9.47 Å². The van der Waals surface area contributed by atoms with Crippen LogP contribution < -0.4 is 0 Å². The van der Waals surface area contributed by atoms with E-state index in [-0.39, 0.29) is 5.79 Å². The Morgan fingerprint density at radius 2 is 1.31 bits per heavy atom. The summed E-state index contributed by atoms with van der Waals surface area (Å²) in [5.41, 5.74) is 3.61. The van der Waals surface area contributed by atoms with Gasteiger partial charge in [-0.15, -0.1) is 0 Å². The third-order valence-electron chi connectivity index (χ3n) is 7.11. The van der Waals surface area contributed by atoms with Gasteiger partial charge in [-0.2, -0.15) is 0 Å².